The van der Waals surface area contributed by atoms with Crippen LogP contribution in [0.2, 0.25) is 0 Å². The number of hydrogen-bond donors (Lipinski definition) is 0. The fourth-order valence-corrected chi connectivity index (χ4v) is 0.109. The van der Waals surface area contributed by atoms with E-state index in [1.807, 2.05) is 0 Å². The van der Waals surface area contributed by atoms with Gasteiger partial charge in [-0.3, -0.25) is 6.57 Å². The van der Waals surface area contributed by atoms with Crippen molar-refractivity contribution in [1.29, 1.82) is 5.26 Å². The summed E-state index contributed by atoms with van der Waals surface area (Å²) in [5.41, 5.74) is 0.329. The molecule has 0 saturated carbocycles. The van der Waals surface area contributed by atoms with Crippen LogP contribution in [0.5, 0.6) is 0 Å². The molecule has 0 saturated heterocycles. The molecule has 0 heterocycles. The Balaban J connectivity index is -0.000000180. The van der Waals surface area contributed by atoms with Gasteiger partial charge in [-0.05, 0) is 0 Å². The summed E-state index contributed by atoms with van der Waals surface area (Å²) >= 11 is 0. The topological polar surface area (TPSA) is 28.1 Å². The van der Waals surface area contributed by atoms with Gasteiger partial charge in [-0.15, -0.1) is 0 Å². The van der Waals surface area contributed by atoms with Crippen LogP contribution in [0.25, 0.3) is 4.85 Å². The van der Waals surface area contributed by atoms with E-state index < -0.39 is 0 Å². The normalized spacial score (nSPS) is 7.22. The molecule has 0 unspecified atom stereocenters. The van der Waals surface area contributed by atoms with E-state index >= 15 is 0 Å². The fraction of sp³-hybridized carbons (Fsp3) is 0.200. The summed E-state index contributed by atoms with van der Waals surface area (Å²) in [5.74, 6) is 0. The molecule has 0 aromatic rings. The average molecular weight is 147 g/mol. The molecule has 2 nitrogen and oxygen atoms in total. The fourth-order valence-electron chi connectivity index (χ4n) is 0.109. The Morgan fingerprint density at radius 2 is 2.22 bits per heavy atom. The van der Waals surface area contributed by atoms with Crippen LogP contribution in [-0.4, -0.2) is 0 Å². The molecule has 0 amide bonds. The van der Waals surface area contributed by atoms with Gasteiger partial charge in [0.1, 0.15) is 0 Å². The second-order valence-corrected chi connectivity index (χ2v) is 0.960. The van der Waals surface area contributed by atoms with E-state index in [-0.39, 0.29) is 43.1 Å². The van der Waals surface area contributed by atoms with Crippen molar-refractivity contribution in [3.63, 3.8) is 0 Å². The minimum absolute atomic E-state index is 0. The first kappa shape index (κ1) is 16.0. The van der Waals surface area contributed by atoms with Crippen molar-refractivity contribution in [1.82, 2.24) is 0 Å². The van der Waals surface area contributed by atoms with E-state index in [1.54, 1.807) is 6.07 Å². The van der Waals surface area contributed by atoms with Crippen molar-refractivity contribution in [3.05, 3.63) is 23.2 Å². The third kappa shape index (κ3) is 11.6. The molecule has 0 aliphatic heterocycles. The Morgan fingerprint density at radius 1 is 1.78 bits per heavy atom. The maximum atomic E-state index is 7.97. The number of rotatable bonds is 0. The number of allylic oxidation sites excluding steroid dienone is 1. The van der Waals surface area contributed by atoms with Crippen molar-refractivity contribution in [3.8, 4) is 6.07 Å². The second kappa shape index (κ2) is 10.9. The number of nitriles is 1. The Kier molecular flexibility index (Phi) is 19.5. The van der Waals surface area contributed by atoms with Crippen molar-refractivity contribution >= 4 is 13.5 Å². The number of thiol groups is 1. The van der Waals surface area contributed by atoms with Crippen LogP contribution in [0.3, 0.4) is 0 Å². The summed E-state index contributed by atoms with van der Waals surface area (Å²) in [4.78, 5) is 2.75. The van der Waals surface area contributed by atoms with Crippen LogP contribution in [0, 0.1) is 24.1 Å². The molecule has 0 spiro atoms. The molecule has 9 heavy (non-hydrogen) atoms. The molecule has 0 atom stereocenters. The van der Waals surface area contributed by atoms with E-state index in [1.165, 1.54) is 6.92 Å². The predicted molar refractivity (Wildman–Crippen MR) is 33.4 cm³/mol. The van der Waals surface area contributed by atoms with E-state index in [4.69, 9.17) is 11.8 Å². The summed E-state index contributed by atoms with van der Waals surface area (Å²) in [6.45, 7) is 7.72. The van der Waals surface area contributed by atoms with Gasteiger partial charge in [-0.2, -0.15) is 5.26 Å². The molecule has 0 bridgehead atoms. The van der Waals surface area contributed by atoms with E-state index in [0.29, 0.717) is 5.57 Å². The molecule has 0 radical (unpaired) electrons. The molecule has 0 fully saturated rings. The maximum Gasteiger partial charge on any atom is 1.00 e. The van der Waals surface area contributed by atoms with Crippen LogP contribution in [-0.2, 0) is 13.5 Å². The molecule has 0 rings (SSSR count). The quantitative estimate of drug-likeness (QED) is 0.129. The zero-order valence-electron chi connectivity index (χ0n) is 5.34. The first-order chi connectivity index (χ1) is 3.31. The maximum absolute atomic E-state index is 7.97. The zero-order valence-corrected chi connectivity index (χ0v) is 8.24. The monoisotopic (exact) mass is 147 g/mol. The summed E-state index contributed by atoms with van der Waals surface area (Å²) in [6.07, 6.45) is 2.14. The van der Waals surface area contributed by atoms with Crippen LogP contribution in [0.1, 0.15) is 6.92 Å². The summed E-state index contributed by atoms with van der Waals surface area (Å²) < 4.78 is 0. The minimum Gasteiger partial charge on any atom is -0.813 e. The van der Waals surface area contributed by atoms with Gasteiger partial charge in [0.15, 0.2) is 0 Å². The van der Waals surface area contributed by atoms with Crippen LogP contribution >= 0.6 is 0 Å². The molecule has 0 aromatic carbocycles. The largest absolute Gasteiger partial charge is 1.00 e. The van der Waals surface area contributed by atoms with Crippen LogP contribution in [0.15, 0.2) is 5.57 Å². The van der Waals surface area contributed by atoms with Gasteiger partial charge in [0, 0.05) is 0 Å². The van der Waals surface area contributed by atoms with E-state index in [0.717, 1.165) is 0 Å². The number of nitrogens with zero attached hydrogens (tertiary/aromatic N) is 2. The molecular formula is C5H4N2NaS-. The smallest absolute Gasteiger partial charge is 0.813 e. The van der Waals surface area contributed by atoms with E-state index in [9.17, 15) is 0 Å². The SMILES string of the molecule is [C-]#[N+][C-]=C(C)C#N.[Na+].[SH-]. The van der Waals surface area contributed by atoms with Crippen LogP contribution < -0.4 is 29.6 Å². The van der Waals surface area contributed by atoms with Crippen molar-refractivity contribution < 1.29 is 29.6 Å². The Hall–Kier alpha value is 0.0700. The van der Waals surface area contributed by atoms with Crippen molar-refractivity contribution in [2.45, 2.75) is 6.92 Å². The molecule has 4 heteroatoms. The van der Waals surface area contributed by atoms with Crippen molar-refractivity contribution in [2.75, 3.05) is 0 Å². The molecule has 0 aliphatic rings. The summed E-state index contributed by atoms with van der Waals surface area (Å²) in [5, 5.41) is 7.97. The van der Waals surface area contributed by atoms with Gasteiger partial charge >= 0.3 is 29.6 Å². The van der Waals surface area contributed by atoms with Gasteiger partial charge < -0.3 is 18.3 Å². The Bertz CT molecular complexity index is 163. The van der Waals surface area contributed by atoms with Gasteiger partial charge in [-0.1, -0.05) is 18.7 Å². The minimum atomic E-state index is 0. The molecule has 0 aromatic heterocycles. The van der Waals surface area contributed by atoms with Gasteiger partial charge in [0.05, 0.1) is 6.07 Å². The standard InChI is InChI=1S/C5H3N2.Na.H2S/c1-5(3-6)4-7-2;;/h1H3;;1H2/q-1;+1;/p-1. The molecular weight excluding hydrogens is 143 g/mol. The first-order valence-corrected chi connectivity index (χ1v) is 1.67. The van der Waals surface area contributed by atoms with Gasteiger partial charge in [-0.25, -0.2) is 0 Å². The average Bonchev–Trinajstić information content (AvgIpc) is 1.68. The van der Waals surface area contributed by atoms with Gasteiger partial charge in [0.25, 0.3) is 0 Å². The van der Waals surface area contributed by atoms with E-state index in [2.05, 4.69) is 11.0 Å². The van der Waals surface area contributed by atoms with Gasteiger partial charge in [0.2, 0.25) is 0 Å². The molecule has 0 aliphatic carbocycles. The zero-order chi connectivity index (χ0) is 5.70. The van der Waals surface area contributed by atoms with Crippen LogP contribution in [0.4, 0.5) is 0 Å². The Labute approximate surface area is 84.1 Å². The third-order valence-corrected chi connectivity index (χ3v) is 0.391. The third-order valence-electron chi connectivity index (χ3n) is 0.391. The van der Waals surface area contributed by atoms with Crippen molar-refractivity contribution in [2.24, 2.45) is 0 Å². The first-order valence-electron chi connectivity index (χ1n) is 1.67. The molecule has 0 N–H and O–H groups in total. The Morgan fingerprint density at radius 3 is 2.33 bits per heavy atom. The summed E-state index contributed by atoms with van der Waals surface area (Å²) in [6, 6.07) is 1.76. The molecule has 42 valence electrons. The summed E-state index contributed by atoms with van der Waals surface area (Å²) in [7, 11) is 0. The second-order valence-electron chi connectivity index (χ2n) is 0.960. The number of hydrogen-bond acceptors (Lipinski definition) is 2. The predicted octanol–water partition coefficient (Wildman–Crippen LogP) is -2.13.